The predicted octanol–water partition coefficient (Wildman–Crippen LogP) is 2.04. The molecular weight excluding hydrogens is 282 g/mol. The van der Waals surface area contributed by atoms with Gasteiger partial charge in [-0.05, 0) is 23.9 Å². The molecular formula is C13H13NO5S. The highest BCUT2D eigenvalue weighted by molar-refractivity contribution is 8.18. The first-order valence-corrected chi connectivity index (χ1v) is 6.45. The van der Waals surface area contributed by atoms with Crippen molar-refractivity contribution in [3.8, 4) is 17.2 Å². The minimum atomic E-state index is -0.420. The molecule has 1 fully saturated rings. The SMILES string of the molecule is COc1cc(OC)c(OC)cc1/C=C1\SC(=O)NC1=O. The molecule has 1 aromatic rings. The van der Waals surface area contributed by atoms with Gasteiger partial charge in [-0.3, -0.25) is 14.9 Å². The minimum absolute atomic E-state index is 0.306. The third-order valence-corrected chi connectivity index (χ3v) is 3.48. The van der Waals surface area contributed by atoms with Crippen molar-refractivity contribution in [2.24, 2.45) is 0 Å². The predicted molar refractivity (Wildman–Crippen MR) is 75.2 cm³/mol. The van der Waals surface area contributed by atoms with E-state index in [2.05, 4.69) is 5.32 Å². The van der Waals surface area contributed by atoms with E-state index in [1.807, 2.05) is 0 Å². The van der Waals surface area contributed by atoms with Crippen LogP contribution in [0.25, 0.3) is 6.08 Å². The summed E-state index contributed by atoms with van der Waals surface area (Å²) >= 11 is 0.845. The van der Waals surface area contributed by atoms with Gasteiger partial charge in [0.05, 0.1) is 26.2 Å². The molecule has 1 aliphatic rings. The molecule has 1 aromatic carbocycles. The highest BCUT2D eigenvalue weighted by atomic mass is 32.2. The second-order valence-electron chi connectivity index (χ2n) is 3.80. The van der Waals surface area contributed by atoms with Crippen LogP contribution in [0.1, 0.15) is 5.56 Å². The number of ether oxygens (including phenoxy) is 3. The first-order chi connectivity index (χ1) is 9.58. The molecule has 1 saturated heterocycles. The summed E-state index contributed by atoms with van der Waals surface area (Å²) in [6, 6.07) is 3.34. The molecule has 20 heavy (non-hydrogen) atoms. The Kier molecular flexibility index (Phi) is 4.19. The summed E-state index contributed by atoms with van der Waals surface area (Å²) in [5, 5.41) is 1.81. The number of nitrogens with one attached hydrogen (secondary N) is 1. The molecule has 106 valence electrons. The maximum absolute atomic E-state index is 11.5. The van der Waals surface area contributed by atoms with Gasteiger partial charge in [0.2, 0.25) is 0 Å². The Balaban J connectivity index is 2.48. The van der Waals surface area contributed by atoms with Crippen LogP contribution in [0.15, 0.2) is 17.0 Å². The number of thioether (sulfide) groups is 1. The van der Waals surface area contributed by atoms with Crippen molar-refractivity contribution >= 4 is 29.0 Å². The van der Waals surface area contributed by atoms with Crippen LogP contribution in [0, 0.1) is 0 Å². The van der Waals surface area contributed by atoms with E-state index in [-0.39, 0.29) is 5.24 Å². The normalized spacial score (nSPS) is 16.2. The minimum Gasteiger partial charge on any atom is -0.496 e. The summed E-state index contributed by atoms with van der Waals surface area (Å²) in [6.45, 7) is 0. The molecule has 0 aromatic heterocycles. The number of hydrogen-bond donors (Lipinski definition) is 1. The van der Waals surface area contributed by atoms with E-state index in [0.717, 1.165) is 11.8 Å². The van der Waals surface area contributed by atoms with Crippen LogP contribution in [0.3, 0.4) is 0 Å². The maximum atomic E-state index is 11.5. The van der Waals surface area contributed by atoms with Crippen LogP contribution < -0.4 is 19.5 Å². The molecule has 0 bridgehead atoms. The van der Waals surface area contributed by atoms with Gasteiger partial charge in [-0.2, -0.15) is 0 Å². The molecule has 1 heterocycles. The van der Waals surface area contributed by atoms with E-state index in [0.29, 0.717) is 27.7 Å². The third-order valence-electron chi connectivity index (χ3n) is 2.66. The molecule has 7 heteroatoms. The smallest absolute Gasteiger partial charge is 0.290 e. The third kappa shape index (κ3) is 2.72. The monoisotopic (exact) mass is 295 g/mol. The first kappa shape index (κ1) is 14.3. The standard InChI is InChI=1S/C13H13NO5S/c1-17-8-6-10(19-3)9(18-2)4-7(8)5-11-12(15)14-13(16)20-11/h4-6H,1-3H3,(H,14,15,16)/b11-5-. The molecule has 0 saturated carbocycles. The zero-order valence-corrected chi connectivity index (χ0v) is 12.0. The largest absolute Gasteiger partial charge is 0.496 e. The Bertz CT molecular complexity index is 597. The van der Waals surface area contributed by atoms with E-state index in [9.17, 15) is 9.59 Å². The quantitative estimate of drug-likeness (QED) is 0.857. The molecule has 1 N–H and O–H groups in total. The first-order valence-electron chi connectivity index (χ1n) is 5.64. The number of carbonyl (C=O) groups excluding carboxylic acids is 2. The fourth-order valence-corrected chi connectivity index (χ4v) is 2.40. The van der Waals surface area contributed by atoms with Crippen molar-refractivity contribution in [3.63, 3.8) is 0 Å². The van der Waals surface area contributed by atoms with E-state index in [4.69, 9.17) is 14.2 Å². The lowest BCUT2D eigenvalue weighted by Gasteiger charge is -2.12. The van der Waals surface area contributed by atoms with Crippen molar-refractivity contribution in [1.29, 1.82) is 0 Å². The maximum Gasteiger partial charge on any atom is 0.290 e. The number of imide groups is 1. The van der Waals surface area contributed by atoms with Crippen LogP contribution in [0.5, 0.6) is 17.2 Å². The molecule has 0 radical (unpaired) electrons. The lowest BCUT2D eigenvalue weighted by molar-refractivity contribution is -0.115. The summed E-state index contributed by atoms with van der Waals surface area (Å²) in [7, 11) is 4.55. The van der Waals surface area contributed by atoms with Crippen LogP contribution in [-0.2, 0) is 4.79 Å². The lowest BCUT2D eigenvalue weighted by Crippen LogP contribution is -2.17. The summed E-state index contributed by atoms with van der Waals surface area (Å²) in [4.78, 5) is 23.0. The van der Waals surface area contributed by atoms with Crippen LogP contribution in [0.2, 0.25) is 0 Å². The fourth-order valence-electron chi connectivity index (χ4n) is 1.73. The lowest BCUT2D eigenvalue weighted by atomic mass is 10.1. The van der Waals surface area contributed by atoms with Crippen LogP contribution >= 0.6 is 11.8 Å². The van der Waals surface area contributed by atoms with Gasteiger partial charge >= 0.3 is 0 Å². The Hall–Kier alpha value is -2.15. The molecule has 2 rings (SSSR count). The van der Waals surface area contributed by atoms with Crippen LogP contribution in [-0.4, -0.2) is 32.5 Å². The van der Waals surface area contributed by atoms with Crippen molar-refractivity contribution < 1.29 is 23.8 Å². The molecule has 0 spiro atoms. The van der Waals surface area contributed by atoms with Gasteiger partial charge in [-0.15, -0.1) is 0 Å². The van der Waals surface area contributed by atoms with Crippen molar-refractivity contribution in [1.82, 2.24) is 5.32 Å². The number of hydrogen-bond acceptors (Lipinski definition) is 6. The zero-order valence-electron chi connectivity index (χ0n) is 11.2. The second-order valence-corrected chi connectivity index (χ2v) is 4.82. The van der Waals surface area contributed by atoms with Gasteiger partial charge < -0.3 is 14.2 Å². The Morgan fingerprint density at radius 3 is 2.10 bits per heavy atom. The van der Waals surface area contributed by atoms with Gasteiger partial charge in [0.15, 0.2) is 11.5 Å². The summed E-state index contributed by atoms with van der Waals surface area (Å²) < 4.78 is 15.6. The summed E-state index contributed by atoms with van der Waals surface area (Å²) in [6.07, 6.45) is 1.58. The van der Waals surface area contributed by atoms with Crippen molar-refractivity contribution in [2.75, 3.05) is 21.3 Å². The average Bonchev–Trinajstić information content (AvgIpc) is 2.76. The zero-order chi connectivity index (χ0) is 14.7. The highest BCUT2D eigenvalue weighted by Crippen LogP contribution is 2.37. The number of carbonyl (C=O) groups is 2. The number of methoxy groups -OCH3 is 3. The van der Waals surface area contributed by atoms with E-state index in [1.54, 1.807) is 18.2 Å². The van der Waals surface area contributed by atoms with Gasteiger partial charge in [0, 0.05) is 11.6 Å². The Morgan fingerprint density at radius 2 is 1.60 bits per heavy atom. The Morgan fingerprint density at radius 1 is 1.00 bits per heavy atom. The van der Waals surface area contributed by atoms with Crippen molar-refractivity contribution in [2.45, 2.75) is 0 Å². The number of amides is 2. The number of benzene rings is 1. The van der Waals surface area contributed by atoms with Crippen LogP contribution in [0.4, 0.5) is 4.79 Å². The van der Waals surface area contributed by atoms with Gasteiger partial charge in [0.25, 0.3) is 11.1 Å². The molecule has 0 unspecified atom stereocenters. The van der Waals surface area contributed by atoms with Gasteiger partial charge in [0.1, 0.15) is 5.75 Å². The summed E-state index contributed by atoms with van der Waals surface area (Å²) in [5.41, 5.74) is 0.623. The highest BCUT2D eigenvalue weighted by Gasteiger charge is 2.25. The van der Waals surface area contributed by atoms with E-state index >= 15 is 0 Å². The Labute approximate surface area is 120 Å². The molecule has 0 aliphatic carbocycles. The number of rotatable bonds is 4. The van der Waals surface area contributed by atoms with Gasteiger partial charge in [-0.25, -0.2) is 0 Å². The molecule has 6 nitrogen and oxygen atoms in total. The van der Waals surface area contributed by atoms with Crippen molar-refractivity contribution in [3.05, 3.63) is 22.6 Å². The summed E-state index contributed by atoms with van der Waals surface area (Å²) in [5.74, 6) is 1.13. The fraction of sp³-hybridized carbons (Fsp3) is 0.231. The second kappa shape index (κ2) is 5.87. The molecule has 1 aliphatic heterocycles. The molecule has 2 amide bonds. The topological polar surface area (TPSA) is 73.9 Å². The van der Waals surface area contributed by atoms with E-state index in [1.165, 1.54) is 21.3 Å². The molecule has 0 atom stereocenters. The van der Waals surface area contributed by atoms with E-state index < -0.39 is 5.91 Å². The average molecular weight is 295 g/mol. The van der Waals surface area contributed by atoms with Gasteiger partial charge in [-0.1, -0.05) is 0 Å².